The molecule has 1 N–H and O–H groups in total. The van der Waals surface area contributed by atoms with Crippen LogP contribution in [0.3, 0.4) is 0 Å². The summed E-state index contributed by atoms with van der Waals surface area (Å²) in [4.78, 5) is 16.7. The van der Waals surface area contributed by atoms with Gasteiger partial charge in [0, 0.05) is 16.8 Å². The fourth-order valence-electron chi connectivity index (χ4n) is 2.97. The molecule has 6 nitrogen and oxygen atoms in total. The van der Waals surface area contributed by atoms with Crippen molar-refractivity contribution in [2.24, 2.45) is 0 Å². The Hall–Kier alpha value is -1.29. The third-order valence-corrected chi connectivity index (χ3v) is 6.72. The Balaban J connectivity index is 0.000000273. The van der Waals surface area contributed by atoms with E-state index in [2.05, 4.69) is 33.8 Å². The molecule has 1 aromatic carbocycles. The van der Waals surface area contributed by atoms with E-state index in [-0.39, 0.29) is 12.5 Å². The van der Waals surface area contributed by atoms with Gasteiger partial charge in [0.15, 0.2) is 10.3 Å². The summed E-state index contributed by atoms with van der Waals surface area (Å²) in [5, 5.41) is 11.5. The number of nitrogens with zero attached hydrogens (tertiary/aromatic N) is 4. The lowest BCUT2D eigenvalue weighted by Gasteiger charge is -2.10. The van der Waals surface area contributed by atoms with Gasteiger partial charge in [-0.3, -0.25) is 0 Å². The SMILES string of the molecule is COc1ccc(CO)cc1.CSc1nc(C)c(C(C)C)c(Cl)n1.CSc1nc(Cl)c(C(C)C)c(Cl)n1. The van der Waals surface area contributed by atoms with Crippen molar-refractivity contribution in [1.29, 1.82) is 0 Å². The average molecular weight is 592 g/mol. The molecule has 0 bridgehead atoms. The van der Waals surface area contributed by atoms with Crippen LogP contribution in [0.1, 0.15) is 61.9 Å². The van der Waals surface area contributed by atoms with Gasteiger partial charge < -0.3 is 9.84 Å². The minimum atomic E-state index is 0.0873. The molecular weight excluding hydrogens is 559 g/mol. The Morgan fingerprint density at radius 3 is 1.53 bits per heavy atom. The van der Waals surface area contributed by atoms with Gasteiger partial charge in [0.25, 0.3) is 0 Å². The fourth-order valence-corrected chi connectivity index (χ4v) is 5.15. The molecule has 0 atom stereocenters. The molecule has 2 aromatic heterocycles. The summed E-state index contributed by atoms with van der Waals surface area (Å²) < 4.78 is 4.93. The molecule has 0 spiro atoms. The van der Waals surface area contributed by atoms with Gasteiger partial charge >= 0.3 is 0 Å². The van der Waals surface area contributed by atoms with Crippen molar-refractivity contribution in [2.75, 3.05) is 19.6 Å². The van der Waals surface area contributed by atoms with Gasteiger partial charge in [-0.05, 0) is 49.0 Å². The van der Waals surface area contributed by atoms with E-state index in [9.17, 15) is 0 Å². The molecule has 0 saturated carbocycles. The summed E-state index contributed by atoms with van der Waals surface area (Å²) in [5.41, 5.74) is 3.76. The molecule has 0 aliphatic rings. The number of ether oxygens (including phenoxy) is 1. The van der Waals surface area contributed by atoms with Gasteiger partial charge in [0.2, 0.25) is 0 Å². The second-order valence-corrected chi connectivity index (χ2v) is 10.6. The molecule has 0 radical (unpaired) electrons. The highest BCUT2D eigenvalue weighted by atomic mass is 35.5. The average Bonchev–Trinajstić information content (AvgIpc) is 2.83. The zero-order valence-corrected chi connectivity index (χ0v) is 25.7. The Morgan fingerprint density at radius 2 is 1.19 bits per heavy atom. The van der Waals surface area contributed by atoms with E-state index in [0.29, 0.717) is 26.5 Å². The van der Waals surface area contributed by atoms with Crippen molar-refractivity contribution < 1.29 is 9.84 Å². The molecule has 0 aliphatic heterocycles. The lowest BCUT2D eigenvalue weighted by molar-refractivity contribution is 0.281. The summed E-state index contributed by atoms with van der Waals surface area (Å²) in [6.07, 6.45) is 3.83. The van der Waals surface area contributed by atoms with Crippen LogP contribution in [0.2, 0.25) is 15.5 Å². The van der Waals surface area contributed by atoms with Gasteiger partial charge in [-0.1, -0.05) is 98.2 Å². The molecule has 0 unspecified atom stereocenters. The van der Waals surface area contributed by atoms with E-state index in [0.717, 1.165) is 33.3 Å². The molecule has 198 valence electrons. The van der Waals surface area contributed by atoms with Crippen LogP contribution in [-0.4, -0.2) is 44.7 Å². The first-order valence-electron chi connectivity index (χ1n) is 11.1. The fraction of sp³-hybridized carbons (Fsp3) is 0.440. The van der Waals surface area contributed by atoms with Crippen molar-refractivity contribution in [3.8, 4) is 5.75 Å². The largest absolute Gasteiger partial charge is 0.497 e. The Bertz CT molecular complexity index is 969. The molecule has 3 aromatic rings. The van der Waals surface area contributed by atoms with Crippen LogP contribution in [-0.2, 0) is 6.61 Å². The summed E-state index contributed by atoms with van der Waals surface area (Å²) in [5.74, 6) is 1.44. The Labute approximate surface area is 238 Å². The molecular formula is C25H33Cl3N4O2S2. The Kier molecular flexibility index (Phi) is 15.0. The number of halogens is 3. The molecule has 2 heterocycles. The van der Waals surface area contributed by atoms with Gasteiger partial charge in [-0.15, -0.1) is 0 Å². The second kappa shape index (κ2) is 16.5. The van der Waals surface area contributed by atoms with Crippen molar-refractivity contribution >= 4 is 58.3 Å². The molecule has 0 fully saturated rings. The van der Waals surface area contributed by atoms with Crippen molar-refractivity contribution in [3.05, 3.63) is 62.1 Å². The standard InChI is InChI=1S/C9H13ClN2S.C8H10Cl2N2S.C8H10O2/c1-5(2)7-6(3)11-9(13-4)12-8(7)10;1-4(2)5-6(9)11-8(13-3)12-7(5)10;1-10-8-4-2-7(6-9)3-5-8/h5H,1-4H3;4H,1-3H3;2-5,9H,6H2,1H3. The predicted molar refractivity (Wildman–Crippen MR) is 154 cm³/mol. The number of aliphatic hydroxyl groups is 1. The van der Waals surface area contributed by atoms with E-state index in [1.807, 2.05) is 57.5 Å². The summed E-state index contributed by atoms with van der Waals surface area (Å²) in [6, 6.07) is 7.31. The number of aryl methyl sites for hydroxylation is 1. The molecule has 36 heavy (non-hydrogen) atoms. The van der Waals surface area contributed by atoms with Crippen molar-refractivity contribution in [1.82, 2.24) is 19.9 Å². The summed E-state index contributed by atoms with van der Waals surface area (Å²) in [6.45, 7) is 10.3. The van der Waals surface area contributed by atoms with Crippen molar-refractivity contribution in [2.45, 2.75) is 63.4 Å². The smallest absolute Gasteiger partial charge is 0.190 e. The van der Waals surface area contributed by atoms with E-state index in [4.69, 9.17) is 44.6 Å². The topological polar surface area (TPSA) is 81.0 Å². The number of hydrogen-bond donors (Lipinski definition) is 1. The van der Waals surface area contributed by atoms with Gasteiger partial charge in [-0.2, -0.15) is 0 Å². The van der Waals surface area contributed by atoms with Gasteiger partial charge in [-0.25, -0.2) is 19.9 Å². The van der Waals surface area contributed by atoms with Crippen LogP contribution in [0.4, 0.5) is 0 Å². The van der Waals surface area contributed by atoms with Crippen LogP contribution < -0.4 is 4.74 Å². The van der Waals surface area contributed by atoms with E-state index in [1.165, 1.54) is 23.5 Å². The minimum absolute atomic E-state index is 0.0873. The number of aliphatic hydroxyl groups excluding tert-OH is 1. The van der Waals surface area contributed by atoms with Gasteiger partial charge in [0.1, 0.15) is 21.2 Å². The highest BCUT2D eigenvalue weighted by molar-refractivity contribution is 7.98. The maximum absolute atomic E-state index is 8.66. The van der Waals surface area contributed by atoms with Crippen molar-refractivity contribution in [3.63, 3.8) is 0 Å². The van der Waals surface area contributed by atoms with Crippen LogP contribution >= 0.6 is 58.3 Å². The lowest BCUT2D eigenvalue weighted by atomic mass is 10.0. The molecule has 0 aliphatic carbocycles. The lowest BCUT2D eigenvalue weighted by Crippen LogP contribution is -2.00. The number of benzene rings is 1. The highest BCUT2D eigenvalue weighted by Gasteiger charge is 2.14. The second-order valence-electron chi connectivity index (χ2n) is 8.02. The number of aromatic nitrogens is 4. The quantitative estimate of drug-likeness (QED) is 0.175. The predicted octanol–water partition coefficient (Wildman–Crippen LogP) is 8.10. The van der Waals surface area contributed by atoms with Crippen LogP contribution in [0.25, 0.3) is 0 Å². The highest BCUT2D eigenvalue weighted by Crippen LogP contribution is 2.30. The normalized spacial score (nSPS) is 10.5. The maximum Gasteiger partial charge on any atom is 0.190 e. The number of rotatable bonds is 6. The van der Waals surface area contributed by atoms with E-state index < -0.39 is 0 Å². The van der Waals surface area contributed by atoms with E-state index in [1.54, 1.807) is 7.11 Å². The Morgan fingerprint density at radius 1 is 0.778 bits per heavy atom. The number of hydrogen-bond acceptors (Lipinski definition) is 8. The molecule has 11 heteroatoms. The summed E-state index contributed by atoms with van der Waals surface area (Å²) >= 11 is 20.9. The molecule has 0 saturated heterocycles. The van der Waals surface area contributed by atoms with Gasteiger partial charge in [0.05, 0.1) is 13.7 Å². The third-order valence-electron chi connectivity index (χ3n) is 4.76. The van der Waals surface area contributed by atoms with Crippen LogP contribution in [0.15, 0.2) is 34.6 Å². The number of thioether (sulfide) groups is 2. The molecule has 3 rings (SSSR count). The zero-order valence-electron chi connectivity index (χ0n) is 21.8. The molecule has 0 amide bonds. The van der Waals surface area contributed by atoms with E-state index >= 15 is 0 Å². The zero-order chi connectivity index (χ0) is 27.4. The van der Waals surface area contributed by atoms with Crippen LogP contribution in [0.5, 0.6) is 5.75 Å². The summed E-state index contributed by atoms with van der Waals surface area (Å²) in [7, 11) is 1.62. The first-order chi connectivity index (χ1) is 17.0. The van der Waals surface area contributed by atoms with Crippen LogP contribution in [0, 0.1) is 6.92 Å². The third kappa shape index (κ3) is 10.2. The number of methoxy groups -OCH3 is 1. The minimum Gasteiger partial charge on any atom is -0.497 e. The first kappa shape index (κ1) is 32.7. The maximum atomic E-state index is 8.66. The monoisotopic (exact) mass is 590 g/mol. The first-order valence-corrected chi connectivity index (χ1v) is 14.7.